The van der Waals surface area contributed by atoms with Crippen molar-refractivity contribution in [2.45, 2.75) is 56.0 Å². The summed E-state index contributed by atoms with van der Waals surface area (Å²) in [5.74, 6) is 0. The van der Waals surface area contributed by atoms with Crippen LogP contribution in [-0.4, -0.2) is 14.5 Å². The van der Waals surface area contributed by atoms with E-state index in [2.05, 4.69) is 5.32 Å². The third-order valence-corrected chi connectivity index (χ3v) is 4.59. The van der Waals surface area contributed by atoms with E-state index in [1.165, 1.54) is 44.6 Å². The lowest BCUT2D eigenvalue weighted by Gasteiger charge is -2.16. The summed E-state index contributed by atoms with van der Waals surface area (Å²) < 4.78 is 22.6. The van der Waals surface area contributed by atoms with Gasteiger partial charge in [-0.1, -0.05) is 37.8 Å². The van der Waals surface area contributed by atoms with E-state index in [0.29, 0.717) is 12.6 Å². The molecule has 0 amide bonds. The largest absolute Gasteiger partial charge is 0.310 e. The van der Waals surface area contributed by atoms with Crippen LogP contribution in [0.5, 0.6) is 0 Å². The van der Waals surface area contributed by atoms with E-state index in [9.17, 15) is 8.42 Å². The number of primary sulfonamides is 1. The first-order valence-electron chi connectivity index (χ1n) is 6.91. The molecule has 1 aromatic rings. The molecule has 1 saturated carbocycles. The molecule has 0 radical (unpaired) electrons. The maximum atomic E-state index is 11.3. The van der Waals surface area contributed by atoms with E-state index in [0.717, 1.165) is 5.56 Å². The fourth-order valence-electron chi connectivity index (χ4n) is 2.58. The van der Waals surface area contributed by atoms with E-state index in [-0.39, 0.29) is 4.90 Å². The van der Waals surface area contributed by atoms with E-state index >= 15 is 0 Å². The maximum absolute atomic E-state index is 11.3. The average Bonchev–Trinajstić information content (AvgIpc) is 2.64. The highest BCUT2D eigenvalue weighted by molar-refractivity contribution is 7.89. The molecule has 3 N–H and O–H groups in total. The van der Waals surface area contributed by atoms with Gasteiger partial charge in [0.1, 0.15) is 0 Å². The van der Waals surface area contributed by atoms with Gasteiger partial charge in [-0.2, -0.15) is 0 Å². The normalized spacial score (nSPS) is 18.2. The molecule has 0 aromatic heterocycles. The lowest BCUT2D eigenvalue weighted by molar-refractivity contribution is 0.459. The highest BCUT2D eigenvalue weighted by Crippen LogP contribution is 2.18. The number of rotatable bonds is 4. The van der Waals surface area contributed by atoms with E-state index in [4.69, 9.17) is 5.14 Å². The molecule has 0 atom stereocenters. The lowest BCUT2D eigenvalue weighted by Crippen LogP contribution is -2.28. The molecule has 106 valence electrons. The molecule has 0 heterocycles. The first kappa shape index (κ1) is 14.5. The summed E-state index contributed by atoms with van der Waals surface area (Å²) in [6, 6.07) is 7.41. The van der Waals surface area contributed by atoms with Crippen LogP contribution >= 0.6 is 0 Å². The fourth-order valence-corrected chi connectivity index (χ4v) is 3.16. The quantitative estimate of drug-likeness (QED) is 0.831. The van der Waals surface area contributed by atoms with Gasteiger partial charge in [-0.15, -0.1) is 0 Å². The average molecular weight is 282 g/mol. The van der Waals surface area contributed by atoms with Crippen LogP contribution < -0.4 is 10.5 Å². The highest BCUT2D eigenvalue weighted by Gasteiger charge is 2.12. The van der Waals surface area contributed by atoms with Gasteiger partial charge in [0.25, 0.3) is 0 Å². The molecule has 0 spiro atoms. The Bertz CT molecular complexity index is 506. The number of sulfonamides is 1. The zero-order valence-electron chi connectivity index (χ0n) is 11.1. The van der Waals surface area contributed by atoms with Crippen molar-refractivity contribution in [1.29, 1.82) is 0 Å². The van der Waals surface area contributed by atoms with Gasteiger partial charge in [-0.25, -0.2) is 13.6 Å². The van der Waals surface area contributed by atoms with Gasteiger partial charge in [-0.05, 0) is 30.5 Å². The van der Waals surface area contributed by atoms with Gasteiger partial charge in [-0.3, -0.25) is 0 Å². The van der Waals surface area contributed by atoms with Crippen molar-refractivity contribution in [2.24, 2.45) is 5.14 Å². The zero-order valence-corrected chi connectivity index (χ0v) is 12.0. The maximum Gasteiger partial charge on any atom is 0.238 e. The van der Waals surface area contributed by atoms with Gasteiger partial charge in [0, 0.05) is 12.6 Å². The Balaban J connectivity index is 1.95. The summed E-state index contributed by atoms with van der Waals surface area (Å²) in [5.41, 5.74) is 0.968. The fraction of sp³-hybridized carbons (Fsp3) is 0.571. The Kier molecular flexibility index (Phi) is 4.96. The second-order valence-corrected chi connectivity index (χ2v) is 6.82. The van der Waals surface area contributed by atoms with Crippen LogP contribution in [0.15, 0.2) is 29.2 Å². The molecule has 1 aromatic carbocycles. The van der Waals surface area contributed by atoms with E-state index in [1.54, 1.807) is 12.1 Å². The summed E-state index contributed by atoms with van der Waals surface area (Å²) >= 11 is 0. The molecule has 5 heteroatoms. The number of nitrogens with two attached hydrogens (primary N) is 1. The molecule has 4 nitrogen and oxygen atoms in total. The second-order valence-electron chi connectivity index (χ2n) is 5.26. The molecule has 0 aliphatic heterocycles. The lowest BCUT2D eigenvalue weighted by atomic mass is 10.1. The third-order valence-electron chi connectivity index (χ3n) is 3.68. The molecule has 1 aliphatic rings. The van der Waals surface area contributed by atoms with Crippen molar-refractivity contribution >= 4 is 10.0 Å². The van der Waals surface area contributed by atoms with Gasteiger partial charge in [0.05, 0.1) is 4.90 Å². The molecular formula is C14H22N2O2S. The monoisotopic (exact) mass is 282 g/mol. The van der Waals surface area contributed by atoms with Gasteiger partial charge < -0.3 is 5.32 Å². The predicted octanol–water partition coefficient (Wildman–Crippen LogP) is 2.15. The highest BCUT2D eigenvalue weighted by atomic mass is 32.2. The van der Waals surface area contributed by atoms with Crippen LogP contribution in [0.4, 0.5) is 0 Å². The van der Waals surface area contributed by atoms with Crippen LogP contribution in [0.2, 0.25) is 0 Å². The van der Waals surface area contributed by atoms with Crippen molar-refractivity contribution in [3.05, 3.63) is 29.8 Å². The summed E-state index contributed by atoms with van der Waals surface area (Å²) in [4.78, 5) is 0.188. The first-order valence-corrected chi connectivity index (χ1v) is 8.45. The summed E-state index contributed by atoms with van der Waals surface area (Å²) in [6.07, 6.45) is 7.67. The molecule has 1 fully saturated rings. The number of nitrogens with one attached hydrogen (secondary N) is 1. The van der Waals surface area contributed by atoms with Gasteiger partial charge >= 0.3 is 0 Å². The Labute approximate surface area is 115 Å². The SMILES string of the molecule is NS(=O)(=O)c1cccc(CNC2CCCCCC2)c1. The first-order chi connectivity index (χ1) is 9.05. The van der Waals surface area contributed by atoms with E-state index < -0.39 is 10.0 Å². The Morgan fingerprint density at radius 1 is 1.16 bits per heavy atom. The van der Waals surface area contributed by atoms with Crippen LogP contribution in [-0.2, 0) is 16.6 Å². The van der Waals surface area contributed by atoms with Gasteiger partial charge in [0.15, 0.2) is 0 Å². The molecule has 2 rings (SSSR count). The van der Waals surface area contributed by atoms with Crippen LogP contribution in [0.1, 0.15) is 44.1 Å². The topological polar surface area (TPSA) is 72.2 Å². The predicted molar refractivity (Wildman–Crippen MR) is 76.1 cm³/mol. The van der Waals surface area contributed by atoms with E-state index in [1.807, 2.05) is 6.07 Å². The molecule has 0 unspecified atom stereocenters. The standard InChI is InChI=1S/C14H22N2O2S/c15-19(17,18)14-9-5-6-12(10-14)11-16-13-7-3-1-2-4-8-13/h5-6,9-10,13,16H,1-4,7-8,11H2,(H2,15,17,18). The van der Waals surface area contributed by atoms with Crippen LogP contribution in [0.25, 0.3) is 0 Å². The van der Waals surface area contributed by atoms with Crippen molar-refractivity contribution in [3.8, 4) is 0 Å². The molecular weight excluding hydrogens is 260 g/mol. The minimum absolute atomic E-state index is 0.188. The van der Waals surface area contributed by atoms with Gasteiger partial charge in [0.2, 0.25) is 10.0 Å². The smallest absolute Gasteiger partial charge is 0.238 e. The van der Waals surface area contributed by atoms with Crippen molar-refractivity contribution in [2.75, 3.05) is 0 Å². The van der Waals surface area contributed by atoms with Crippen LogP contribution in [0, 0.1) is 0 Å². The second kappa shape index (κ2) is 6.50. The van der Waals surface area contributed by atoms with Crippen molar-refractivity contribution < 1.29 is 8.42 Å². The molecule has 1 aliphatic carbocycles. The minimum Gasteiger partial charge on any atom is -0.310 e. The van der Waals surface area contributed by atoms with Crippen LogP contribution in [0.3, 0.4) is 0 Å². The third kappa shape index (κ3) is 4.60. The summed E-state index contributed by atoms with van der Waals surface area (Å²) in [7, 11) is -3.60. The Morgan fingerprint density at radius 3 is 2.47 bits per heavy atom. The zero-order chi connectivity index (χ0) is 13.7. The van der Waals surface area contributed by atoms with Crippen molar-refractivity contribution in [3.63, 3.8) is 0 Å². The number of hydrogen-bond acceptors (Lipinski definition) is 3. The molecule has 0 saturated heterocycles. The summed E-state index contributed by atoms with van der Waals surface area (Å²) in [6.45, 7) is 0.702. The molecule has 0 bridgehead atoms. The number of benzene rings is 1. The number of hydrogen-bond donors (Lipinski definition) is 2. The Hall–Kier alpha value is -0.910. The minimum atomic E-state index is -3.60. The molecule has 19 heavy (non-hydrogen) atoms. The van der Waals surface area contributed by atoms with Crippen molar-refractivity contribution in [1.82, 2.24) is 5.32 Å². The Morgan fingerprint density at radius 2 is 1.84 bits per heavy atom. The summed E-state index contributed by atoms with van der Waals surface area (Å²) in [5, 5.41) is 8.66.